The summed E-state index contributed by atoms with van der Waals surface area (Å²) >= 11 is 0. The topological polar surface area (TPSA) is 76.7 Å². The average Bonchev–Trinajstić information content (AvgIpc) is 2.32. The Morgan fingerprint density at radius 2 is 2.06 bits per heavy atom. The summed E-state index contributed by atoms with van der Waals surface area (Å²) in [4.78, 5) is 11.7. The third-order valence-corrected chi connectivity index (χ3v) is 2.23. The summed E-state index contributed by atoms with van der Waals surface area (Å²) in [5, 5.41) is 2.70. The average molecular weight is 251 g/mol. The van der Waals surface area contributed by atoms with Crippen LogP contribution >= 0.6 is 0 Å². The van der Waals surface area contributed by atoms with Gasteiger partial charge in [0, 0.05) is 12.3 Å². The van der Waals surface area contributed by atoms with Crippen molar-refractivity contribution >= 4 is 11.6 Å². The molecular formula is C11H11F2N5. The van der Waals surface area contributed by atoms with Crippen LogP contribution in [-0.4, -0.2) is 15.0 Å². The maximum Gasteiger partial charge on any atom is 0.168 e. The summed E-state index contributed by atoms with van der Waals surface area (Å²) in [7, 11) is 0. The van der Waals surface area contributed by atoms with Gasteiger partial charge < -0.3 is 11.1 Å². The molecule has 2 aromatic rings. The Hall–Kier alpha value is -2.31. The quantitative estimate of drug-likeness (QED) is 0.867. The van der Waals surface area contributed by atoms with Gasteiger partial charge in [0.1, 0.15) is 5.82 Å². The van der Waals surface area contributed by atoms with E-state index in [1.54, 1.807) is 19.2 Å². The largest absolute Gasteiger partial charge is 0.381 e. The zero-order valence-corrected chi connectivity index (χ0v) is 9.61. The van der Waals surface area contributed by atoms with Crippen LogP contribution in [0.3, 0.4) is 0 Å². The van der Waals surface area contributed by atoms with Gasteiger partial charge in [-0.3, -0.25) is 0 Å². The van der Waals surface area contributed by atoms with Crippen LogP contribution in [0.5, 0.6) is 0 Å². The molecule has 7 heteroatoms. The van der Waals surface area contributed by atoms with Crippen molar-refractivity contribution in [1.29, 1.82) is 0 Å². The summed E-state index contributed by atoms with van der Waals surface area (Å²) in [6.45, 7) is 2.00. The van der Waals surface area contributed by atoms with Gasteiger partial charge in [-0.05, 0) is 13.0 Å². The molecule has 2 rings (SSSR count). The molecule has 0 aliphatic heterocycles. The van der Waals surface area contributed by atoms with Crippen molar-refractivity contribution in [2.24, 2.45) is 0 Å². The number of nitrogen functional groups attached to an aromatic ring is 1. The fourth-order valence-electron chi connectivity index (χ4n) is 1.38. The molecule has 3 N–H and O–H groups in total. The Balaban J connectivity index is 2.13. The van der Waals surface area contributed by atoms with Gasteiger partial charge in [0.25, 0.3) is 0 Å². The fraction of sp³-hybridized carbons (Fsp3) is 0.182. The van der Waals surface area contributed by atoms with Crippen molar-refractivity contribution in [1.82, 2.24) is 15.0 Å². The SMILES string of the molecule is Cc1nccc(CNc2nc(N)c(F)cc2F)n1. The Morgan fingerprint density at radius 1 is 1.28 bits per heavy atom. The van der Waals surface area contributed by atoms with Crippen molar-refractivity contribution in [3.8, 4) is 0 Å². The lowest BCUT2D eigenvalue weighted by atomic mass is 10.3. The Bertz CT molecular complexity index is 573. The lowest BCUT2D eigenvalue weighted by Gasteiger charge is -2.07. The molecule has 0 spiro atoms. The van der Waals surface area contributed by atoms with Gasteiger partial charge in [-0.1, -0.05) is 0 Å². The number of halogens is 2. The number of nitrogens with two attached hydrogens (primary N) is 1. The minimum atomic E-state index is -0.879. The highest BCUT2D eigenvalue weighted by atomic mass is 19.1. The van der Waals surface area contributed by atoms with E-state index in [2.05, 4.69) is 20.3 Å². The molecule has 2 aromatic heterocycles. The molecule has 0 aliphatic carbocycles. The van der Waals surface area contributed by atoms with E-state index < -0.39 is 11.6 Å². The van der Waals surface area contributed by atoms with Crippen LogP contribution in [-0.2, 0) is 6.54 Å². The number of hydrogen-bond donors (Lipinski definition) is 2. The molecule has 0 bridgehead atoms. The predicted octanol–water partition coefficient (Wildman–Crippen LogP) is 1.65. The minimum absolute atomic E-state index is 0.106. The molecule has 0 atom stereocenters. The second-order valence-corrected chi connectivity index (χ2v) is 3.63. The van der Waals surface area contributed by atoms with Crippen LogP contribution in [0.15, 0.2) is 18.3 Å². The van der Waals surface area contributed by atoms with E-state index >= 15 is 0 Å². The lowest BCUT2D eigenvalue weighted by Crippen LogP contribution is -2.08. The number of nitrogens with one attached hydrogen (secondary N) is 1. The third-order valence-electron chi connectivity index (χ3n) is 2.23. The van der Waals surface area contributed by atoms with Crippen molar-refractivity contribution in [3.05, 3.63) is 41.5 Å². The lowest BCUT2D eigenvalue weighted by molar-refractivity contribution is 0.579. The second-order valence-electron chi connectivity index (χ2n) is 3.63. The van der Waals surface area contributed by atoms with Crippen molar-refractivity contribution in [3.63, 3.8) is 0 Å². The molecule has 0 radical (unpaired) electrons. The van der Waals surface area contributed by atoms with Crippen LogP contribution < -0.4 is 11.1 Å². The number of anilines is 2. The molecule has 0 saturated carbocycles. The zero-order valence-electron chi connectivity index (χ0n) is 9.61. The molecular weight excluding hydrogens is 240 g/mol. The first-order valence-electron chi connectivity index (χ1n) is 5.20. The zero-order chi connectivity index (χ0) is 13.1. The first-order chi connectivity index (χ1) is 8.56. The maximum absolute atomic E-state index is 13.4. The molecule has 0 fully saturated rings. The van der Waals surface area contributed by atoms with Crippen LogP contribution in [0, 0.1) is 18.6 Å². The van der Waals surface area contributed by atoms with Crippen molar-refractivity contribution < 1.29 is 8.78 Å². The number of nitrogens with zero attached hydrogens (tertiary/aromatic N) is 3. The molecule has 0 aromatic carbocycles. The molecule has 5 nitrogen and oxygen atoms in total. The summed E-state index contributed by atoms with van der Waals surface area (Å²) in [6.07, 6.45) is 1.60. The van der Waals surface area contributed by atoms with E-state index in [9.17, 15) is 8.78 Å². The van der Waals surface area contributed by atoms with Crippen LogP contribution in [0.1, 0.15) is 11.5 Å². The molecule has 0 saturated heterocycles. The molecule has 0 unspecified atom stereocenters. The summed E-state index contributed by atoms with van der Waals surface area (Å²) in [5.74, 6) is -1.52. The molecule has 94 valence electrons. The van der Waals surface area contributed by atoms with E-state index in [0.29, 0.717) is 17.6 Å². The maximum atomic E-state index is 13.4. The van der Waals surface area contributed by atoms with Gasteiger partial charge in [0.05, 0.1) is 12.2 Å². The van der Waals surface area contributed by atoms with Crippen LogP contribution in [0.2, 0.25) is 0 Å². The normalized spacial score (nSPS) is 10.4. The molecule has 0 aliphatic rings. The van der Waals surface area contributed by atoms with Gasteiger partial charge >= 0.3 is 0 Å². The van der Waals surface area contributed by atoms with Crippen LogP contribution in [0.25, 0.3) is 0 Å². The fourth-order valence-corrected chi connectivity index (χ4v) is 1.38. The minimum Gasteiger partial charge on any atom is -0.381 e. The first kappa shape index (κ1) is 12.2. The second kappa shape index (κ2) is 4.91. The molecule has 0 amide bonds. The number of hydrogen-bond acceptors (Lipinski definition) is 5. The van der Waals surface area contributed by atoms with E-state index in [4.69, 9.17) is 5.73 Å². The Labute approximate surface area is 102 Å². The first-order valence-corrected chi connectivity index (χ1v) is 5.20. The summed E-state index contributed by atoms with van der Waals surface area (Å²) in [6, 6.07) is 2.38. The Morgan fingerprint density at radius 3 is 2.78 bits per heavy atom. The van der Waals surface area contributed by atoms with Crippen molar-refractivity contribution in [2.45, 2.75) is 13.5 Å². The number of aromatic nitrogens is 3. The number of aryl methyl sites for hydroxylation is 1. The summed E-state index contributed by atoms with van der Waals surface area (Å²) < 4.78 is 26.3. The monoisotopic (exact) mass is 251 g/mol. The molecule has 2 heterocycles. The highest BCUT2D eigenvalue weighted by Gasteiger charge is 2.09. The smallest absolute Gasteiger partial charge is 0.168 e. The summed E-state index contributed by atoms with van der Waals surface area (Å²) in [5.41, 5.74) is 5.94. The molecule has 18 heavy (non-hydrogen) atoms. The van der Waals surface area contributed by atoms with Gasteiger partial charge in [0.2, 0.25) is 0 Å². The third kappa shape index (κ3) is 2.68. The Kier molecular flexibility index (Phi) is 3.31. The van der Waals surface area contributed by atoms with Crippen LogP contribution in [0.4, 0.5) is 20.4 Å². The van der Waals surface area contributed by atoms with Gasteiger partial charge in [-0.2, -0.15) is 0 Å². The number of rotatable bonds is 3. The van der Waals surface area contributed by atoms with E-state index in [1.807, 2.05) is 0 Å². The van der Waals surface area contributed by atoms with Crippen molar-refractivity contribution in [2.75, 3.05) is 11.1 Å². The van der Waals surface area contributed by atoms with E-state index in [-0.39, 0.29) is 18.2 Å². The highest BCUT2D eigenvalue weighted by molar-refractivity contribution is 5.44. The van der Waals surface area contributed by atoms with Gasteiger partial charge in [-0.15, -0.1) is 0 Å². The van der Waals surface area contributed by atoms with Gasteiger partial charge in [-0.25, -0.2) is 23.7 Å². The van der Waals surface area contributed by atoms with E-state index in [1.165, 1.54) is 0 Å². The predicted molar refractivity (Wildman–Crippen MR) is 62.7 cm³/mol. The van der Waals surface area contributed by atoms with E-state index in [0.717, 1.165) is 0 Å². The number of pyridine rings is 1. The standard InChI is InChI=1S/C11H11F2N5/c1-6-15-3-2-7(17-6)5-16-11-9(13)4-8(12)10(14)18-11/h2-4H,5H2,1H3,(H3,14,16,18). The highest BCUT2D eigenvalue weighted by Crippen LogP contribution is 2.16. The van der Waals surface area contributed by atoms with Gasteiger partial charge in [0.15, 0.2) is 23.3 Å².